The maximum Gasteiger partial charge on any atom is 0.266 e. The number of likely N-dealkylation sites (tertiary alicyclic amines) is 1. The minimum absolute atomic E-state index is 0.0832. The highest BCUT2D eigenvalue weighted by Gasteiger charge is 2.36. The molecule has 2 heterocycles. The van der Waals surface area contributed by atoms with Gasteiger partial charge in [-0.25, -0.2) is 4.98 Å². The number of imide groups is 1. The second kappa shape index (κ2) is 4.43. The van der Waals surface area contributed by atoms with E-state index in [1.807, 2.05) is 22.6 Å². The summed E-state index contributed by atoms with van der Waals surface area (Å²) in [4.78, 5) is 41.7. The number of hydrogen-bond donors (Lipinski definition) is 2. The molecule has 17 heavy (non-hydrogen) atoms. The molecule has 7 nitrogen and oxygen atoms in total. The lowest BCUT2D eigenvalue weighted by molar-refractivity contribution is -0.136. The average molecular weight is 348 g/mol. The summed E-state index contributed by atoms with van der Waals surface area (Å²) in [6, 6.07) is -0.643. The number of H-pyrrole nitrogens is 1. The number of aromatic nitrogens is 2. The Morgan fingerprint density at radius 1 is 1.53 bits per heavy atom. The van der Waals surface area contributed by atoms with E-state index in [2.05, 4.69) is 15.3 Å². The number of nitrogens with one attached hydrogen (secondary N) is 2. The number of likely N-dealkylation sites (N-methyl/N-ethyl adjacent to an activating group) is 1. The predicted octanol–water partition coefficient (Wildman–Crippen LogP) is -0.456. The van der Waals surface area contributed by atoms with Gasteiger partial charge in [0.25, 0.3) is 11.5 Å². The summed E-state index contributed by atoms with van der Waals surface area (Å²) in [7, 11) is 1.43. The molecule has 1 unspecified atom stereocenters. The monoisotopic (exact) mass is 348 g/mol. The van der Waals surface area contributed by atoms with Crippen molar-refractivity contribution >= 4 is 40.2 Å². The van der Waals surface area contributed by atoms with Gasteiger partial charge in [0.1, 0.15) is 15.4 Å². The van der Waals surface area contributed by atoms with Gasteiger partial charge in [-0.3, -0.25) is 19.3 Å². The Morgan fingerprint density at radius 2 is 2.24 bits per heavy atom. The number of nitrogens with zero attached hydrogens (tertiary/aromatic N) is 2. The second-order valence-corrected chi connectivity index (χ2v) is 4.67. The summed E-state index contributed by atoms with van der Waals surface area (Å²) in [6.45, 7) is 0. The SMILES string of the molecule is CN1C(=O)CC(Nc2nc[nH]c(=O)c2I)C1=O. The maximum atomic E-state index is 11.6. The third kappa shape index (κ3) is 2.16. The van der Waals surface area contributed by atoms with Crippen LogP contribution in [0.3, 0.4) is 0 Å². The summed E-state index contributed by atoms with van der Waals surface area (Å²) in [5.74, 6) is -0.240. The first-order chi connectivity index (χ1) is 8.00. The largest absolute Gasteiger partial charge is 0.357 e. The van der Waals surface area contributed by atoms with E-state index in [4.69, 9.17) is 0 Å². The van der Waals surface area contributed by atoms with Gasteiger partial charge in [0.05, 0.1) is 12.7 Å². The molecule has 0 radical (unpaired) electrons. The van der Waals surface area contributed by atoms with Crippen LogP contribution >= 0.6 is 22.6 Å². The Bertz CT molecular complexity index is 541. The molecular formula is C9H9IN4O3. The molecule has 1 aromatic rings. The summed E-state index contributed by atoms with van der Waals surface area (Å²) >= 11 is 1.83. The number of amides is 2. The zero-order valence-electron chi connectivity index (χ0n) is 8.86. The third-order valence-electron chi connectivity index (χ3n) is 2.49. The minimum atomic E-state index is -0.643. The zero-order valence-corrected chi connectivity index (χ0v) is 11.0. The van der Waals surface area contributed by atoms with E-state index in [9.17, 15) is 14.4 Å². The lowest BCUT2D eigenvalue weighted by Crippen LogP contribution is -2.32. The molecular weight excluding hydrogens is 339 g/mol. The van der Waals surface area contributed by atoms with Crippen LogP contribution in [0.2, 0.25) is 0 Å². The lowest BCUT2D eigenvalue weighted by Gasteiger charge is -2.11. The maximum absolute atomic E-state index is 11.6. The Hall–Kier alpha value is -1.45. The Morgan fingerprint density at radius 3 is 2.82 bits per heavy atom. The van der Waals surface area contributed by atoms with E-state index in [0.29, 0.717) is 9.39 Å². The predicted molar refractivity (Wildman–Crippen MR) is 67.4 cm³/mol. The van der Waals surface area contributed by atoms with Gasteiger partial charge < -0.3 is 10.3 Å². The fourth-order valence-electron chi connectivity index (χ4n) is 1.52. The topological polar surface area (TPSA) is 95.2 Å². The van der Waals surface area contributed by atoms with E-state index in [1.54, 1.807) is 0 Å². The van der Waals surface area contributed by atoms with Gasteiger partial charge in [0, 0.05) is 7.05 Å². The number of hydrogen-bond acceptors (Lipinski definition) is 5. The average Bonchev–Trinajstić information content (AvgIpc) is 2.53. The molecule has 2 amide bonds. The fourth-order valence-corrected chi connectivity index (χ4v) is 1.97. The van der Waals surface area contributed by atoms with Crippen LogP contribution in [0.4, 0.5) is 5.82 Å². The van der Waals surface area contributed by atoms with E-state index >= 15 is 0 Å². The van der Waals surface area contributed by atoms with Crippen LogP contribution in [0.5, 0.6) is 0 Å². The van der Waals surface area contributed by atoms with Crippen molar-refractivity contribution in [2.24, 2.45) is 0 Å². The second-order valence-electron chi connectivity index (χ2n) is 3.59. The van der Waals surface area contributed by atoms with Crippen LogP contribution in [0, 0.1) is 3.57 Å². The van der Waals surface area contributed by atoms with Crippen LogP contribution in [0.1, 0.15) is 6.42 Å². The normalized spacial score (nSPS) is 19.9. The number of carbonyl (C=O) groups excluding carboxylic acids is 2. The molecule has 0 aliphatic carbocycles. The molecule has 0 bridgehead atoms. The fraction of sp³-hybridized carbons (Fsp3) is 0.333. The van der Waals surface area contributed by atoms with Crippen molar-refractivity contribution in [3.63, 3.8) is 0 Å². The zero-order chi connectivity index (χ0) is 12.6. The summed E-state index contributed by atoms with van der Waals surface area (Å²) in [6.07, 6.45) is 1.33. The highest BCUT2D eigenvalue weighted by molar-refractivity contribution is 14.1. The molecule has 2 N–H and O–H groups in total. The van der Waals surface area contributed by atoms with Gasteiger partial charge >= 0.3 is 0 Å². The van der Waals surface area contributed by atoms with Crippen molar-refractivity contribution in [2.75, 3.05) is 12.4 Å². The van der Waals surface area contributed by atoms with E-state index in [0.717, 1.165) is 4.90 Å². The van der Waals surface area contributed by atoms with Crippen LogP contribution in [-0.4, -0.2) is 39.8 Å². The van der Waals surface area contributed by atoms with Gasteiger partial charge in [-0.2, -0.15) is 0 Å². The number of carbonyl (C=O) groups is 2. The van der Waals surface area contributed by atoms with Crippen molar-refractivity contribution in [2.45, 2.75) is 12.5 Å². The molecule has 1 atom stereocenters. The van der Waals surface area contributed by atoms with E-state index in [-0.39, 0.29) is 23.8 Å². The first-order valence-electron chi connectivity index (χ1n) is 4.81. The Balaban J connectivity index is 2.23. The van der Waals surface area contributed by atoms with Crippen LogP contribution in [0.15, 0.2) is 11.1 Å². The van der Waals surface area contributed by atoms with Crippen LogP contribution < -0.4 is 10.9 Å². The number of aromatic amines is 1. The van der Waals surface area contributed by atoms with Crippen molar-refractivity contribution in [1.29, 1.82) is 0 Å². The first kappa shape index (κ1) is 12.0. The van der Waals surface area contributed by atoms with Gasteiger partial charge in [0.2, 0.25) is 5.91 Å². The molecule has 0 aromatic carbocycles. The molecule has 1 aliphatic heterocycles. The van der Waals surface area contributed by atoms with Crippen molar-refractivity contribution in [1.82, 2.24) is 14.9 Å². The summed E-state index contributed by atoms with van der Waals surface area (Å²) in [5.41, 5.74) is -0.284. The van der Waals surface area contributed by atoms with Crippen molar-refractivity contribution < 1.29 is 9.59 Å². The van der Waals surface area contributed by atoms with Gasteiger partial charge in [-0.05, 0) is 22.6 Å². The highest BCUT2D eigenvalue weighted by atomic mass is 127. The molecule has 0 saturated carbocycles. The van der Waals surface area contributed by atoms with Gasteiger partial charge in [0.15, 0.2) is 0 Å². The van der Waals surface area contributed by atoms with Gasteiger partial charge in [-0.1, -0.05) is 0 Å². The molecule has 90 valence electrons. The Labute approximate surface area is 110 Å². The molecule has 2 rings (SSSR count). The summed E-state index contributed by atoms with van der Waals surface area (Å²) < 4.78 is 0.361. The molecule has 1 aliphatic rings. The van der Waals surface area contributed by atoms with E-state index in [1.165, 1.54) is 13.4 Å². The third-order valence-corrected chi connectivity index (χ3v) is 3.49. The van der Waals surface area contributed by atoms with Gasteiger partial charge in [-0.15, -0.1) is 0 Å². The van der Waals surface area contributed by atoms with Crippen LogP contribution in [-0.2, 0) is 9.59 Å². The van der Waals surface area contributed by atoms with E-state index < -0.39 is 6.04 Å². The smallest absolute Gasteiger partial charge is 0.266 e. The van der Waals surface area contributed by atoms with Crippen molar-refractivity contribution in [3.8, 4) is 0 Å². The lowest BCUT2D eigenvalue weighted by atomic mass is 10.2. The number of halogens is 1. The standard InChI is InChI=1S/C9H9IN4O3/c1-14-5(15)2-4(9(14)17)13-7-6(10)8(16)12-3-11-7/h3-4H,2H2,1H3,(H2,11,12,13,16). The molecule has 0 spiro atoms. The van der Waals surface area contributed by atoms with Crippen LogP contribution in [0.25, 0.3) is 0 Å². The molecule has 8 heteroatoms. The minimum Gasteiger partial charge on any atom is -0.357 e. The number of rotatable bonds is 2. The molecule has 1 saturated heterocycles. The van der Waals surface area contributed by atoms with Crippen molar-refractivity contribution in [3.05, 3.63) is 20.3 Å². The molecule has 1 aromatic heterocycles. The summed E-state index contributed by atoms with van der Waals surface area (Å²) in [5, 5.41) is 2.81. The molecule has 1 fully saturated rings. The number of anilines is 1. The quantitative estimate of drug-likeness (QED) is 0.557. The Kier molecular flexibility index (Phi) is 3.13. The highest BCUT2D eigenvalue weighted by Crippen LogP contribution is 2.17. The first-order valence-corrected chi connectivity index (χ1v) is 5.88.